The molecular weight excluding hydrogens is 346 g/mol. The van der Waals surface area contributed by atoms with Crippen LogP contribution in [-0.4, -0.2) is 78.6 Å². The Labute approximate surface area is 149 Å². The Morgan fingerprint density at radius 3 is 2.24 bits per heavy atom. The van der Waals surface area contributed by atoms with Crippen LogP contribution in [-0.2, 0) is 19.6 Å². The van der Waals surface area contributed by atoms with Gasteiger partial charge in [0.2, 0.25) is 15.9 Å². The fourth-order valence-electron chi connectivity index (χ4n) is 3.30. The van der Waals surface area contributed by atoms with Gasteiger partial charge >= 0.3 is 5.97 Å². The predicted octanol–water partition coefficient (Wildman–Crippen LogP) is 0.102. The van der Waals surface area contributed by atoms with Crippen LogP contribution in [0.4, 0.5) is 0 Å². The van der Waals surface area contributed by atoms with Crippen molar-refractivity contribution in [3.05, 3.63) is 0 Å². The van der Waals surface area contributed by atoms with E-state index in [-0.39, 0.29) is 18.6 Å². The van der Waals surface area contributed by atoms with Crippen molar-refractivity contribution in [2.24, 2.45) is 5.92 Å². The lowest BCUT2D eigenvalue weighted by molar-refractivity contribution is -0.140. The third kappa shape index (κ3) is 5.93. The molecule has 8 nitrogen and oxygen atoms in total. The summed E-state index contributed by atoms with van der Waals surface area (Å²) in [7, 11) is -3.57. The third-order valence-electron chi connectivity index (χ3n) is 4.93. The SMILES string of the molecule is CCN(CC)S(=O)(=O)CC(=O)NC1CC(N(CC(=O)O)CC2CC2)C1. The smallest absolute Gasteiger partial charge is 0.317 e. The fraction of sp³-hybridized carbons (Fsp3) is 0.875. The Morgan fingerprint density at radius 1 is 1.16 bits per heavy atom. The van der Waals surface area contributed by atoms with Crippen LogP contribution in [0.5, 0.6) is 0 Å². The van der Waals surface area contributed by atoms with E-state index in [4.69, 9.17) is 5.11 Å². The summed E-state index contributed by atoms with van der Waals surface area (Å²) in [6.45, 7) is 5.01. The number of carboxylic acids is 1. The molecule has 0 aliphatic heterocycles. The van der Waals surface area contributed by atoms with Crippen LogP contribution in [0, 0.1) is 5.92 Å². The maximum absolute atomic E-state index is 12.1. The molecule has 0 heterocycles. The molecule has 0 aromatic heterocycles. The van der Waals surface area contributed by atoms with Crippen molar-refractivity contribution in [3.63, 3.8) is 0 Å². The molecule has 0 aromatic rings. The first-order valence-electron chi connectivity index (χ1n) is 8.98. The quantitative estimate of drug-likeness (QED) is 0.530. The molecule has 2 aliphatic carbocycles. The maximum atomic E-state index is 12.1. The van der Waals surface area contributed by atoms with Crippen LogP contribution >= 0.6 is 0 Å². The first-order valence-corrected chi connectivity index (χ1v) is 10.6. The highest BCUT2D eigenvalue weighted by molar-refractivity contribution is 7.89. The number of nitrogens with one attached hydrogen (secondary N) is 1. The van der Waals surface area contributed by atoms with E-state index in [2.05, 4.69) is 5.32 Å². The standard InChI is InChI=1S/C16H29N3O5S/c1-3-19(4-2)25(23,24)11-15(20)17-13-7-14(8-13)18(10-16(21)22)9-12-5-6-12/h12-14H,3-11H2,1-2H3,(H,17,20)(H,21,22). The van der Waals surface area contributed by atoms with Crippen LogP contribution in [0.25, 0.3) is 0 Å². The van der Waals surface area contributed by atoms with Crippen molar-refractivity contribution in [2.75, 3.05) is 31.9 Å². The Hall–Kier alpha value is -1.19. The molecule has 1 amide bonds. The van der Waals surface area contributed by atoms with Gasteiger partial charge in [-0.25, -0.2) is 12.7 Å². The van der Waals surface area contributed by atoms with Crippen molar-refractivity contribution in [1.29, 1.82) is 0 Å². The second-order valence-electron chi connectivity index (χ2n) is 7.00. The predicted molar refractivity (Wildman–Crippen MR) is 93.6 cm³/mol. The molecule has 2 N–H and O–H groups in total. The van der Waals surface area contributed by atoms with Gasteiger partial charge in [-0.05, 0) is 31.6 Å². The molecule has 2 saturated carbocycles. The van der Waals surface area contributed by atoms with Gasteiger partial charge in [-0.3, -0.25) is 14.5 Å². The highest BCUT2D eigenvalue weighted by Crippen LogP contribution is 2.33. The molecule has 9 heteroatoms. The number of nitrogens with zero attached hydrogens (tertiary/aromatic N) is 2. The Bertz CT molecular complexity index is 581. The van der Waals surface area contributed by atoms with E-state index in [9.17, 15) is 18.0 Å². The van der Waals surface area contributed by atoms with E-state index in [0.717, 1.165) is 19.4 Å². The zero-order valence-corrected chi connectivity index (χ0v) is 15.8. The molecule has 2 fully saturated rings. The Balaban J connectivity index is 1.77. The van der Waals surface area contributed by atoms with E-state index in [1.807, 2.05) is 4.90 Å². The highest BCUT2D eigenvalue weighted by Gasteiger charge is 2.38. The molecule has 0 spiro atoms. The lowest BCUT2D eigenvalue weighted by atomic mass is 9.85. The zero-order chi connectivity index (χ0) is 18.6. The Morgan fingerprint density at radius 2 is 1.76 bits per heavy atom. The summed E-state index contributed by atoms with van der Waals surface area (Å²) < 4.78 is 25.5. The number of sulfonamides is 1. The first-order chi connectivity index (χ1) is 11.7. The number of hydrogen-bond donors (Lipinski definition) is 2. The number of aliphatic carboxylic acids is 1. The first kappa shape index (κ1) is 20.1. The van der Waals surface area contributed by atoms with Gasteiger partial charge in [0, 0.05) is 31.7 Å². The number of carbonyl (C=O) groups excluding carboxylic acids is 1. The number of amides is 1. The average Bonchev–Trinajstić information content (AvgIpc) is 3.25. The fourth-order valence-corrected chi connectivity index (χ4v) is 4.68. The largest absolute Gasteiger partial charge is 0.480 e. The van der Waals surface area contributed by atoms with Crippen LogP contribution in [0.1, 0.15) is 39.5 Å². The van der Waals surface area contributed by atoms with Crippen LogP contribution < -0.4 is 5.32 Å². The van der Waals surface area contributed by atoms with Crippen LogP contribution in [0.2, 0.25) is 0 Å². The number of hydrogen-bond acceptors (Lipinski definition) is 5. The van der Waals surface area contributed by atoms with Crippen LogP contribution in [0.3, 0.4) is 0 Å². The Kier molecular flexibility index (Phi) is 6.81. The summed E-state index contributed by atoms with van der Waals surface area (Å²) in [4.78, 5) is 25.0. The van der Waals surface area contributed by atoms with Gasteiger partial charge in [0.15, 0.2) is 0 Å². The minimum Gasteiger partial charge on any atom is -0.480 e. The number of rotatable bonds is 11. The van der Waals surface area contributed by atoms with Crippen molar-refractivity contribution in [2.45, 2.75) is 51.6 Å². The van der Waals surface area contributed by atoms with Crippen molar-refractivity contribution >= 4 is 21.9 Å². The minimum atomic E-state index is -3.57. The molecule has 144 valence electrons. The summed E-state index contributed by atoms with van der Waals surface area (Å²) in [5.74, 6) is -1.25. The van der Waals surface area contributed by atoms with Gasteiger partial charge in [-0.15, -0.1) is 0 Å². The lowest BCUT2D eigenvalue weighted by Gasteiger charge is -2.42. The monoisotopic (exact) mass is 375 g/mol. The summed E-state index contributed by atoms with van der Waals surface area (Å²) in [6.07, 6.45) is 3.67. The molecule has 2 rings (SSSR count). The van der Waals surface area contributed by atoms with E-state index in [1.54, 1.807) is 13.8 Å². The number of carboxylic acid groups (broad SMARTS) is 1. The molecule has 0 aromatic carbocycles. The maximum Gasteiger partial charge on any atom is 0.317 e. The van der Waals surface area contributed by atoms with Crippen molar-refractivity contribution < 1.29 is 23.1 Å². The van der Waals surface area contributed by atoms with E-state index in [0.29, 0.717) is 31.8 Å². The molecule has 0 saturated heterocycles. The molecule has 2 aliphatic rings. The molecule has 0 unspecified atom stereocenters. The summed E-state index contributed by atoms with van der Waals surface area (Å²) in [5.41, 5.74) is 0. The summed E-state index contributed by atoms with van der Waals surface area (Å²) >= 11 is 0. The molecule has 0 radical (unpaired) electrons. The van der Waals surface area contributed by atoms with Crippen LogP contribution in [0.15, 0.2) is 0 Å². The van der Waals surface area contributed by atoms with Gasteiger partial charge in [0.05, 0.1) is 6.54 Å². The molecular formula is C16H29N3O5S. The number of carbonyl (C=O) groups is 2. The molecule has 25 heavy (non-hydrogen) atoms. The summed E-state index contributed by atoms with van der Waals surface area (Å²) in [6, 6.07) is 0.0845. The van der Waals surface area contributed by atoms with Crippen molar-refractivity contribution in [1.82, 2.24) is 14.5 Å². The van der Waals surface area contributed by atoms with Gasteiger partial charge in [0.1, 0.15) is 5.75 Å². The summed E-state index contributed by atoms with van der Waals surface area (Å²) in [5, 5.41) is 11.8. The average molecular weight is 375 g/mol. The molecule has 0 bridgehead atoms. The van der Waals surface area contributed by atoms with Gasteiger partial charge in [0.25, 0.3) is 0 Å². The second-order valence-corrected chi connectivity index (χ2v) is 8.97. The van der Waals surface area contributed by atoms with Crippen molar-refractivity contribution in [3.8, 4) is 0 Å². The highest BCUT2D eigenvalue weighted by atomic mass is 32.2. The topological polar surface area (TPSA) is 107 Å². The van der Waals surface area contributed by atoms with E-state index < -0.39 is 27.7 Å². The lowest BCUT2D eigenvalue weighted by Crippen LogP contribution is -2.56. The van der Waals surface area contributed by atoms with Gasteiger partial charge in [-0.2, -0.15) is 0 Å². The van der Waals surface area contributed by atoms with E-state index in [1.165, 1.54) is 4.31 Å². The molecule has 0 atom stereocenters. The van der Waals surface area contributed by atoms with E-state index >= 15 is 0 Å². The minimum absolute atomic E-state index is 0.0260. The normalized spacial score (nSPS) is 23.5. The second kappa shape index (κ2) is 8.46. The van der Waals surface area contributed by atoms with Gasteiger partial charge in [-0.1, -0.05) is 13.8 Å². The zero-order valence-electron chi connectivity index (χ0n) is 15.0. The van der Waals surface area contributed by atoms with Gasteiger partial charge < -0.3 is 10.4 Å². The third-order valence-corrected chi connectivity index (χ3v) is 6.87.